The van der Waals surface area contributed by atoms with E-state index in [0.29, 0.717) is 38.0 Å². The number of aryl methyl sites for hydroxylation is 1. The molecule has 0 N–H and O–H groups in total. The van der Waals surface area contributed by atoms with Gasteiger partial charge in [0.25, 0.3) is 0 Å². The van der Waals surface area contributed by atoms with Crippen molar-refractivity contribution in [3.8, 4) is 0 Å². The first-order valence-corrected chi connectivity index (χ1v) is 9.09. The molecule has 5 nitrogen and oxygen atoms in total. The van der Waals surface area contributed by atoms with Crippen LogP contribution in [-0.2, 0) is 29.4 Å². The minimum Gasteiger partial charge on any atom is -0.458 e. The second-order valence-corrected chi connectivity index (χ2v) is 6.87. The van der Waals surface area contributed by atoms with E-state index in [1.165, 1.54) is 0 Å². The van der Waals surface area contributed by atoms with Crippen molar-refractivity contribution >= 4 is 11.9 Å². The van der Waals surface area contributed by atoms with Crippen molar-refractivity contribution in [1.29, 1.82) is 0 Å². The van der Waals surface area contributed by atoms with Gasteiger partial charge in [0.1, 0.15) is 11.7 Å². The molecule has 1 saturated heterocycles. The molecular formula is C21H28O5. The zero-order valence-electron chi connectivity index (χ0n) is 15.9. The lowest BCUT2D eigenvalue weighted by Gasteiger charge is -2.37. The van der Waals surface area contributed by atoms with Gasteiger partial charge in [-0.1, -0.05) is 43.3 Å². The lowest BCUT2D eigenvalue weighted by Crippen LogP contribution is -2.39. The largest absolute Gasteiger partial charge is 0.458 e. The smallest absolute Gasteiger partial charge is 0.333 e. The zero-order valence-corrected chi connectivity index (χ0v) is 15.9. The van der Waals surface area contributed by atoms with E-state index in [2.05, 4.69) is 6.58 Å². The van der Waals surface area contributed by atoms with Crippen LogP contribution in [0, 0.1) is 6.92 Å². The third kappa shape index (κ3) is 5.18. The molecule has 0 saturated carbocycles. The molecule has 0 radical (unpaired) electrons. The molecule has 0 aromatic heterocycles. The molecule has 2 rings (SSSR count). The average molecular weight is 360 g/mol. The summed E-state index contributed by atoms with van der Waals surface area (Å²) in [5, 5.41) is 0. The lowest BCUT2D eigenvalue weighted by atomic mass is 9.85. The highest BCUT2D eigenvalue weighted by Gasteiger charge is 2.38. The second kappa shape index (κ2) is 8.99. The molecule has 1 atom stereocenters. The number of esters is 2. The van der Waals surface area contributed by atoms with E-state index in [-0.39, 0.29) is 12.4 Å². The van der Waals surface area contributed by atoms with Gasteiger partial charge < -0.3 is 14.2 Å². The number of ether oxygens (including phenoxy) is 3. The molecule has 1 unspecified atom stereocenters. The molecule has 0 spiro atoms. The van der Waals surface area contributed by atoms with Crippen LogP contribution in [0.4, 0.5) is 0 Å². The van der Waals surface area contributed by atoms with Gasteiger partial charge in [0, 0.05) is 18.4 Å². The molecule has 1 aromatic carbocycles. The fourth-order valence-corrected chi connectivity index (χ4v) is 2.97. The summed E-state index contributed by atoms with van der Waals surface area (Å²) in [4.78, 5) is 24.3. The number of rotatable bonds is 7. The Hall–Kier alpha value is -2.14. The Morgan fingerprint density at radius 2 is 1.85 bits per heavy atom. The molecular weight excluding hydrogens is 332 g/mol. The third-order valence-electron chi connectivity index (χ3n) is 4.66. The first-order valence-electron chi connectivity index (χ1n) is 9.09. The molecule has 142 valence electrons. The molecule has 1 heterocycles. The van der Waals surface area contributed by atoms with Gasteiger partial charge in [0.05, 0.1) is 19.6 Å². The maximum absolute atomic E-state index is 12.6. The van der Waals surface area contributed by atoms with Crippen LogP contribution in [0.15, 0.2) is 36.4 Å². The van der Waals surface area contributed by atoms with Crippen LogP contribution < -0.4 is 0 Å². The van der Waals surface area contributed by atoms with Crippen molar-refractivity contribution in [2.24, 2.45) is 0 Å². The highest BCUT2D eigenvalue weighted by molar-refractivity contribution is 5.87. The Morgan fingerprint density at radius 3 is 2.38 bits per heavy atom. The summed E-state index contributed by atoms with van der Waals surface area (Å²) >= 11 is 0. The van der Waals surface area contributed by atoms with Crippen molar-refractivity contribution in [3.63, 3.8) is 0 Å². The molecule has 5 heteroatoms. The average Bonchev–Trinajstić information content (AvgIpc) is 2.62. The lowest BCUT2D eigenvalue weighted by molar-refractivity contribution is -0.175. The first-order chi connectivity index (χ1) is 12.4. The molecule has 1 aliphatic rings. The number of carbonyl (C=O) groups excluding carboxylic acids is 2. The van der Waals surface area contributed by atoms with E-state index >= 15 is 0 Å². The minimum atomic E-state index is -0.681. The number of hydrogen-bond acceptors (Lipinski definition) is 5. The van der Waals surface area contributed by atoms with Crippen LogP contribution in [-0.4, -0.2) is 31.3 Å². The maximum atomic E-state index is 12.6. The van der Waals surface area contributed by atoms with Crippen LogP contribution in [0.1, 0.15) is 50.7 Å². The van der Waals surface area contributed by atoms with Gasteiger partial charge in [0.15, 0.2) is 0 Å². The summed E-state index contributed by atoms with van der Waals surface area (Å²) in [6.45, 7) is 10.1. The second-order valence-electron chi connectivity index (χ2n) is 6.87. The summed E-state index contributed by atoms with van der Waals surface area (Å²) in [6.07, 6.45) is 1.29. The minimum absolute atomic E-state index is 0.0317. The summed E-state index contributed by atoms with van der Waals surface area (Å²) < 4.78 is 16.7. The normalized spacial score (nSPS) is 17.2. The summed E-state index contributed by atoms with van der Waals surface area (Å²) in [5.74, 6) is -0.849. The highest BCUT2D eigenvalue weighted by Crippen LogP contribution is 2.37. The van der Waals surface area contributed by atoms with Crippen molar-refractivity contribution in [2.75, 3.05) is 13.2 Å². The summed E-state index contributed by atoms with van der Waals surface area (Å²) in [6, 6.07) is 8.05. The van der Waals surface area contributed by atoms with Crippen molar-refractivity contribution in [3.05, 3.63) is 47.5 Å². The predicted molar refractivity (Wildman–Crippen MR) is 98.6 cm³/mol. The highest BCUT2D eigenvalue weighted by atomic mass is 16.6. The van der Waals surface area contributed by atoms with Crippen LogP contribution in [0.25, 0.3) is 0 Å². The van der Waals surface area contributed by atoms with Gasteiger partial charge >= 0.3 is 11.9 Å². The zero-order chi connectivity index (χ0) is 19.2. The van der Waals surface area contributed by atoms with Gasteiger partial charge in [0.2, 0.25) is 0 Å². The number of benzene rings is 1. The van der Waals surface area contributed by atoms with E-state index in [4.69, 9.17) is 14.2 Å². The van der Waals surface area contributed by atoms with Crippen LogP contribution in [0.2, 0.25) is 0 Å². The van der Waals surface area contributed by atoms with E-state index < -0.39 is 17.7 Å². The fraction of sp³-hybridized carbons (Fsp3) is 0.524. The Labute approximate surface area is 155 Å². The maximum Gasteiger partial charge on any atom is 0.333 e. The van der Waals surface area contributed by atoms with Gasteiger partial charge in [-0.05, 0) is 25.8 Å². The van der Waals surface area contributed by atoms with Crippen molar-refractivity contribution in [2.45, 2.75) is 58.2 Å². The van der Waals surface area contributed by atoms with Gasteiger partial charge in [-0.25, -0.2) is 4.79 Å². The predicted octanol–water partition coefficient (Wildman–Crippen LogP) is 3.83. The van der Waals surface area contributed by atoms with Crippen LogP contribution in [0.3, 0.4) is 0 Å². The number of hydrogen-bond donors (Lipinski definition) is 0. The van der Waals surface area contributed by atoms with Crippen molar-refractivity contribution in [1.82, 2.24) is 0 Å². The van der Waals surface area contributed by atoms with E-state index in [1.54, 1.807) is 6.92 Å². The molecule has 1 aliphatic heterocycles. The quantitative estimate of drug-likeness (QED) is 0.546. The Morgan fingerprint density at radius 1 is 1.23 bits per heavy atom. The van der Waals surface area contributed by atoms with Crippen LogP contribution >= 0.6 is 0 Å². The van der Waals surface area contributed by atoms with E-state index in [9.17, 15) is 9.59 Å². The Balaban J connectivity index is 2.10. The van der Waals surface area contributed by atoms with E-state index in [0.717, 1.165) is 11.1 Å². The summed E-state index contributed by atoms with van der Waals surface area (Å²) in [7, 11) is 0. The van der Waals surface area contributed by atoms with Gasteiger partial charge in [-0.3, -0.25) is 4.79 Å². The standard InChI is InChI=1S/C21H28O5/c1-5-18(25-20(23)15(2)3)14-19(22)26-21(10-12-24-13-11-21)17-8-6-16(4)7-9-17/h6-9,18H,2,5,10-14H2,1,3-4H3. The molecule has 0 aliphatic carbocycles. The van der Waals surface area contributed by atoms with Gasteiger partial charge in [-0.2, -0.15) is 0 Å². The van der Waals surface area contributed by atoms with Crippen LogP contribution in [0.5, 0.6) is 0 Å². The SMILES string of the molecule is C=C(C)C(=O)OC(CC)CC(=O)OC1(c2ccc(C)cc2)CCOCC1. The molecule has 0 bridgehead atoms. The monoisotopic (exact) mass is 360 g/mol. The summed E-state index contributed by atoms with van der Waals surface area (Å²) in [5.41, 5.74) is 1.77. The molecule has 26 heavy (non-hydrogen) atoms. The number of carbonyl (C=O) groups is 2. The topological polar surface area (TPSA) is 61.8 Å². The Kier molecular flexibility index (Phi) is 6.98. The first kappa shape index (κ1) is 20.2. The molecule has 1 aromatic rings. The van der Waals surface area contributed by atoms with Crippen molar-refractivity contribution < 1.29 is 23.8 Å². The van der Waals surface area contributed by atoms with Gasteiger partial charge in [-0.15, -0.1) is 0 Å². The Bertz CT molecular complexity index is 641. The molecule has 1 fully saturated rings. The van der Waals surface area contributed by atoms with E-state index in [1.807, 2.05) is 38.1 Å². The molecule has 0 amide bonds. The third-order valence-corrected chi connectivity index (χ3v) is 4.66. The fourth-order valence-electron chi connectivity index (χ4n) is 2.97.